The van der Waals surface area contributed by atoms with Crippen LogP contribution in [0.15, 0.2) is 77.3 Å². The number of rotatable bonds is 5. The third kappa shape index (κ3) is 5.79. The van der Waals surface area contributed by atoms with Gasteiger partial charge in [-0.2, -0.15) is 0 Å². The number of amides is 1. The van der Waals surface area contributed by atoms with Gasteiger partial charge in [-0.25, -0.2) is 0 Å². The Morgan fingerprint density at radius 3 is 2.54 bits per heavy atom. The van der Waals surface area contributed by atoms with E-state index in [4.69, 9.17) is 28.6 Å². The highest BCUT2D eigenvalue weighted by molar-refractivity contribution is 9.10. The summed E-state index contributed by atoms with van der Waals surface area (Å²) >= 11 is 14.5. The Labute approximate surface area is 182 Å². The summed E-state index contributed by atoms with van der Waals surface area (Å²) in [7, 11) is 0. The number of thiocarbonyl (C=S) groups is 1. The average molecular weight is 476 g/mol. The first-order valence-corrected chi connectivity index (χ1v) is 9.93. The highest BCUT2D eigenvalue weighted by atomic mass is 79.9. The van der Waals surface area contributed by atoms with Crippen molar-refractivity contribution in [2.45, 2.75) is 6.61 Å². The third-order valence-corrected chi connectivity index (χ3v) is 4.73. The molecule has 0 aliphatic rings. The number of anilines is 1. The first-order chi connectivity index (χ1) is 13.5. The molecule has 0 heterocycles. The van der Waals surface area contributed by atoms with Crippen LogP contribution in [-0.4, -0.2) is 11.0 Å². The van der Waals surface area contributed by atoms with Crippen molar-refractivity contribution in [3.63, 3.8) is 0 Å². The van der Waals surface area contributed by atoms with Crippen molar-refractivity contribution in [3.05, 3.63) is 93.4 Å². The van der Waals surface area contributed by atoms with Crippen LogP contribution < -0.4 is 15.4 Å². The number of halogens is 2. The fourth-order valence-corrected chi connectivity index (χ4v) is 3.19. The smallest absolute Gasteiger partial charge is 0.257 e. The van der Waals surface area contributed by atoms with Crippen LogP contribution in [0.25, 0.3) is 0 Å². The number of nitrogens with one attached hydrogen (secondary N) is 2. The molecular weight excluding hydrogens is 460 g/mol. The average Bonchev–Trinajstić information content (AvgIpc) is 2.67. The predicted octanol–water partition coefficient (Wildman–Crippen LogP) is 5.81. The van der Waals surface area contributed by atoms with Crippen molar-refractivity contribution in [1.82, 2.24) is 5.32 Å². The molecule has 142 valence electrons. The Hall–Kier alpha value is -2.41. The van der Waals surface area contributed by atoms with Gasteiger partial charge in [-0.3, -0.25) is 10.1 Å². The molecule has 4 nitrogen and oxygen atoms in total. The second kappa shape index (κ2) is 9.68. The summed E-state index contributed by atoms with van der Waals surface area (Å²) in [6, 6.07) is 21.8. The molecule has 0 aliphatic heterocycles. The first kappa shape index (κ1) is 20.3. The lowest BCUT2D eigenvalue weighted by molar-refractivity contribution is 0.0975. The topological polar surface area (TPSA) is 50.4 Å². The largest absolute Gasteiger partial charge is 0.489 e. The van der Waals surface area contributed by atoms with E-state index >= 15 is 0 Å². The minimum Gasteiger partial charge on any atom is -0.489 e. The maximum absolute atomic E-state index is 12.7. The number of hydrogen-bond acceptors (Lipinski definition) is 3. The molecule has 0 aromatic heterocycles. The summed E-state index contributed by atoms with van der Waals surface area (Å²) in [4.78, 5) is 12.7. The van der Waals surface area contributed by atoms with Crippen LogP contribution in [0.4, 0.5) is 5.69 Å². The molecule has 0 saturated carbocycles. The number of benzene rings is 3. The van der Waals surface area contributed by atoms with Crippen molar-refractivity contribution >= 4 is 56.5 Å². The van der Waals surface area contributed by atoms with Crippen molar-refractivity contribution in [1.29, 1.82) is 0 Å². The molecule has 0 radical (unpaired) electrons. The summed E-state index contributed by atoms with van der Waals surface area (Å²) < 4.78 is 6.67. The predicted molar refractivity (Wildman–Crippen MR) is 120 cm³/mol. The number of ether oxygens (including phenoxy) is 1. The standard InChI is InChI=1S/C21H16BrClN2O2S/c22-15-5-3-6-17(12-15)24-21(28)25-20(26)19-7-2-1-4-14(19)13-27-18-10-8-16(23)9-11-18/h1-12H,13H2,(H2,24,25,26,28). The van der Waals surface area contributed by atoms with Gasteiger partial charge in [0.25, 0.3) is 5.91 Å². The van der Waals surface area contributed by atoms with Crippen LogP contribution in [0.5, 0.6) is 5.75 Å². The molecule has 1 amide bonds. The van der Waals surface area contributed by atoms with Crippen molar-refractivity contribution < 1.29 is 9.53 Å². The van der Waals surface area contributed by atoms with Crippen LogP contribution in [0.2, 0.25) is 5.02 Å². The fraction of sp³-hybridized carbons (Fsp3) is 0.0476. The molecule has 0 saturated heterocycles. The molecule has 0 spiro atoms. The van der Waals surface area contributed by atoms with Gasteiger partial charge in [-0.15, -0.1) is 0 Å². The zero-order valence-electron chi connectivity index (χ0n) is 14.6. The fourth-order valence-electron chi connectivity index (χ4n) is 2.46. The normalized spacial score (nSPS) is 10.2. The molecule has 0 aliphatic carbocycles. The highest BCUT2D eigenvalue weighted by Gasteiger charge is 2.13. The number of carbonyl (C=O) groups excluding carboxylic acids is 1. The van der Waals surface area contributed by atoms with E-state index < -0.39 is 0 Å². The van der Waals surface area contributed by atoms with E-state index in [9.17, 15) is 4.79 Å². The van der Waals surface area contributed by atoms with E-state index in [1.807, 2.05) is 36.4 Å². The monoisotopic (exact) mass is 474 g/mol. The Morgan fingerprint density at radius 1 is 1.04 bits per heavy atom. The van der Waals surface area contributed by atoms with Gasteiger partial charge < -0.3 is 10.1 Å². The molecule has 3 rings (SSSR count). The zero-order valence-corrected chi connectivity index (χ0v) is 17.8. The molecule has 0 fully saturated rings. The lowest BCUT2D eigenvalue weighted by Gasteiger charge is -2.13. The van der Waals surface area contributed by atoms with Crippen LogP contribution in [0.3, 0.4) is 0 Å². The van der Waals surface area contributed by atoms with Gasteiger partial charge in [0.05, 0.1) is 0 Å². The lowest BCUT2D eigenvalue weighted by Crippen LogP contribution is -2.34. The van der Waals surface area contributed by atoms with Gasteiger partial charge >= 0.3 is 0 Å². The SMILES string of the molecule is O=C(NC(=S)Nc1cccc(Br)c1)c1ccccc1COc1ccc(Cl)cc1. The minimum atomic E-state index is -0.303. The summed E-state index contributed by atoms with van der Waals surface area (Å²) in [6.45, 7) is 0.247. The number of hydrogen-bond donors (Lipinski definition) is 2. The van der Waals surface area contributed by atoms with Gasteiger partial charge in [0.15, 0.2) is 5.11 Å². The van der Waals surface area contributed by atoms with E-state index in [1.54, 1.807) is 36.4 Å². The van der Waals surface area contributed by atoms with Crippen molar-refractivity contribution in [2.24, 2.45) is 0 Å². The second-order valence-corrected chi connectivity index (χ2v) is 7.58. The third-order valence-electron chi connectivity index (χ3n) is 3.78. The molecule has 3 aromatic carbocycles. The lowest BCUT2D eigenvalue weighted by atomic mass is 10.1. The molecule has 2 N–H and O–H groups in total. The van der Waals surface area contributed by atoms with Crippen LogP contribution in [0.1, 0.15) is 15.9 Å². The Morgan fingerprint density at radius 2 is 1.79 bits per heavy atom. The molecule has 0 unspecified atom stereocenters. The van der Waals surface area contributed by atoms with Crippen LogP contribution in [0, 0.1) is 0 Å². The first-order valence-electron chi connectivity index (χ1n) is 8.35. The van der Waals surface area contributed by atoms with E-state index in [-0.39, 0.29) is 17.6 Å². The van der Waals surface area contributed by atoms with E-state index in [2.05, 4.69) is 26.6 Å². The Kier molecular flexibility index (Phi) is 7.03. The van der Waals surface area contributed by atoms with E-state index in [1.165, 1.54) is 0 Å². The quantitative estimate of drug-likeness (QED) is 0.457. The molecule has 3 aromatic rings. The molecule has 0 atom stereocenters. The second-order valence-electron chi connectivity index (χ2n) is 5.82. The summed E-state index contributed by atoms with van der Waals surface area (Å²) in [5, 5.41) is 6.55. The van der Waals surface area contributed by atoms with Crippen molar-refractivity contribution in [2.75, 3.05) is 5.32 Å². The Bertz CT molecular complexity index is 996. The molecule has 7 heteroatoms. The van der Waals surface area contributed by atoms with Crippen LogP contribution >= 0.6 is 39.7 Å². The maximum Gasteiger partial charge on any atom is 0.257 e. The van der Waals surface area contributed by atoms with Gasteiger partial charge in [-0.1, -0.05) is 51.8 Å². The van der Waals surface area contributed by atoms with Gasteiger partial charge in [0.1, 0.15) is 12.4 Å². The zero-order chi connectivity index (χ0) is 19.9. The van der Waals surface area contributed by atoms with E-state index in [0.29, 0.717) is 16.3 Å². The summed E-state index contributed by atoms with van der Waals surface area (Å²) in [5.74, 6) is 0.370. The minimum absolute atomic E-state index is 0.219. The highest BCUT2D eigenvalue weighted by Crippen LogP contribution is 2.19. The number of carbonyl (C=O) groups is 1. The van der Waals surface area contributed by atoms with Gasteiger partial charge in [0, 0.05) is 26.3 Å². The maximum atomic E-state index is 12.7. The Balaban J connectivity index is 1.64. The molecular formula is C21H16BrClN2O2S. The summed E-state index contributed by atoms with van der Waals surface area (Å²) in [5.41, 5.74) is 2.02. The molecule has 28 heavy (non-hydrogen) atoms. The van der Waals surface area contributed by atoms with Crippen molar-refractivity contribution in [3.8, 4) is 5.75 Å². The van der Waals surface area contributed by atoms with Crippen LogP contribution in [-0.2, 0) is 6.61 Å². The molecule has 0 bridgehead atoms. The summed E-state index contributed by atoms with van der Waals surface area (Å²) in [6.07, 6.45) is 0. The van der Waals surface area contributed by atoms with E-state index in [0.717, 1.165) is 15.7 Å². The van der Waals surface area contributed by atoms with Gasteiger partial charge in [0.2, 0.25) is 0 Å². The van der Waals surface area contributed by atoms with Gasteiger partial charge in [-0.05, 0) is 60.7 Å².